The van der Waals surface area contributed by atoms with Crippen molar-refractivity contribution in [2.45, 2.75) is 6.42 Å². The van der Waals surface area contributed by atoms with E-state index in [1.165, 1.54) is 0 Å². The van der Waals surface area contributed by atoms with Gasteiger partial charge in [-0.2, -0.15) is 0 Å². The summed E-state index contributed by atoms with van der Waals surface area (Å²) in [5.74, 6) is 0.868. The van der Waals surface area contributed by atoms with Crippen molar-refractivity contribution < 1.29 is 9.53 Å². The van der Waals surface area contributed by atoms with Crippen molar-refractivity contribution in [3.8, 4) is 5.75 Å². The van der Waals surface area contributed by atoms with Crippen LogP contribution in [0.5, 0.6) is 5.75 Å². The van der Waals surface area contributed by atoms with Crippen LogP contribution < -0.4 is 4.74 Å². The van der Waals surface area contributed by atoms with E-state index in [9.17, 15) is 4.79 Å². The third kappa shape index (κ3) is 3.10. The topological polar surface area (TPSA) is 26.3 Å². The quantitative estimate of drug-likeness (QED) is 0.619. The van der Waals surface area contributed by atoms with Gasteiger partial charge in [-0.25, -0.2) is 0 Å². The van der Waals surface area contributed by atoms with Crippen LogP contribution in [0.1, 0.15) is 15.9 Å². The summed E-state index contributed by atoms with van der Waals surface area (Å²) in [5.41, 5.74) is 1.66. The average Bonchev–Trinajstić information content (AvgIpc) is 2.40. The molecular formula is C15H13IO2. The first-order valence-corrected chi connectivity index (χ1v) is 6.69. The molecule has 0 heterocycles. The summed E-state index contributed by atoms with van der Waals surface area (Å²) in [7, 11) is 1.62. The number of hydrogen-bond acceptors (Lipinski definition) is 2. The summed E-state index contributed by atoms with van der Waals surface area (Å²) < 4.78 is 6.37. The lowest BCUT2D eigenvalue weighted by Crippen LogP contribution is -2.04. The number of Topliss-reactive ketones (excluding diaryl/α,β-unsaturated/α-hetero) is 1. The minimum Gasteiger partial charge on any atom is -0.496 e. The molecule has 2 rings (SSSR count). The highest BCUT2D eigenvalue weighted by atomic mass is 127. The Balaban J connectivity index is 2.18. The first kappa shape index (κ1) is 13.1. The van der Waals surface area contributed by atoms with Crippen molar-refractivity contribution in [2.24, 2.45) is 0 Å². The molecule has 0 radical (unpaired) electrons. The highest BCUT2D eigenvalue weighted by molar-refractivity contribution is 14.1. The molecule has 0 amide bonds. The first-order chi connectivity index (χ1) is 8.70. The lowest BCUT2D eigenvalue weighted by atomic mass is 10.0. The van der Waals surface area contributed by atoms with Gasteiger partial charge in [-0.15, -0.1) is 0 Å². The van der Waals surface area contributed by atoms with Gasteiger partial charge < -0.3 is 4.74 Å². The van der Waals surface area contributed by atoms with Crippen LogP contribution in [-0.2, 0) is 6.42 Å². The van der Waals surface area contributed by atoms with Crippen LogP contribution in [0.15, 0.2) is 48.5 Å². The van der Waals surface area contributed by atoms with Crippen molar-refractivity contribution in [1.29, 1.82) is 0 Å². The molecule has 0 aliphatic heterocycles. The largest absolute Gasteiger partial charge is 0.496 e. The lowest BCUT2D eigenvalue weighted by Gasteiger charge is -2.07. The molecule has 0 aromatic heterocycles. The maximum atomic E-state index is 12.1. The molecule has 3 heteroatoms. The molecule has 2 aromatic carbocycles. The second-order valence-corrected chi connectivity index (χ2v) is 5.16. The van der Waals surface area contributed by atoms with E-state index in [0.717, 1.165) is 20.4 Å². The molecule has 0 saturated heterocycles. The van der Waals surface area contributed by atoms with Gasteiger partial charge in [0, 0.05) is 21.1 Å². The standard InChI is InChI=1S/C15H13IO2/c1-18-15-5-3-2-4-12(15)10-14(17)11-6-8-13(16)9-7-11/h2-9H,10H2,1H3. The van der Waals surface area contributed by atoms with Gasteiger partial charge in [0.1, 0.15) is 5.75 Å². The molecule has 0 aliphatic rings. The van der Waals surface area contributed by atoms with Crippen molar-refractivity contribution >= 4 is 28.4 Å². The number of carbonyl (C=O) groups is 1. The average molecular weight is 352 g/mol. The van der Waals surface area contributed by atoms with Gasteiger partial charge in [0.15, 0.2) is 5.78 Å². The summed E-state index contributed by atoms with van der Waals surface area (Å²) in [4.78, 5) is 12.1. The Kier molecular flexibility index (Phi) is 4.36. The number of ether oxygens (including phenoxy) is 1. The highest BCUT2D eigenvalue weighted by Gasteiger charge is 2.10. The third-order valence-corrected chi connectivity index (χ3v) is 3.43. The Labute approximate surface area is 120 Å². The van der Waals surface area contributed by atoms with E-state index in [0.29, 0.717) is 6.42 Å². The zero-order valence-electron chi connectivity index (χ0n) is 10.0. The fraction of sp³-hybridized carbons (Fsp3) is 0.133. The van der Waals surface area contributed by atoms with E-state index < -0.39 is 0 Å². The second kappa shape index (κ2) is 6.00. The van der Waals surface area contributed by atoms with E-state index in [1.807, 2.05) is 48.5 Å². The fourth-order valence-corrected chi connectivity index (χ4v) is 2.12. The van der Waals surface area contributed by atoms with Crippen molar-refractivity contribution in [3.05, 3.63) is 63.2 Å². The number of ketones is 1. The zero-order valence-corrected chi connectivity index (χ0v) is 12.2. The molecule has 0 fully saturated rings. The van der Waals surface area contributed by atoms with Crippen LogP contribution in [0.2, 0.25) is 0 Å². The van der Waals surface area contributed by atoms with Crippen LogP contribution in [0.25, 0.3) is 0 Å². The summed E-state index contributed by atoms with van der Waals surface area (Å²) >= 11 is 2.22. The van der Waals surface area contributed by atoms with E-state index in [4.69, 9.17) is 4.74 Å². The fourth-order valence-electron chi connectivity index (χ4n) is 1.76. The van der Waals surface area contributed by atoms with E-state index >= 15 is 0 Å². The molecular weight excluding hydrogens is 339 g/mol. The second-order valence-electron chi connectivity index (χ2n) is 3.92. The smallest absolute Gasteiger partial charge is 0.167 e. The number of hydrogen-bond donors (Lipinski definition) is 0. The van der Waals surface area contributed by atoms with Gasteiger partial charge >= 0.3 is 0 Å². The number of benzene rings is 2. The normalized spacial score (nSPS) is 10.1. The summed E-state index contributed by atoms with van der Waals surface area (Å²) in [6.07, 6.45) is 0.366. The molecule has 0 spiro atoms. The number of carbonyl (C=O) groups excluding carboxylic acids is 1. The predicted molar refractivity (Wildman–Crippen MR) is 80.2 cm³/mol. The molecule has 0 unspecified atom stereocenters. The Hall–Kier alpha value is -1.36. The number of rotatable bonds is 4. The molecule has 0 bridgehead atoms. The maximum Gasteiger partial charge on any atom is 0.167 e. The monoisotopic (exact) mass is 352 g/mol. The highest BCUT2D eigenvalue weighted by Crippen LogP contribution is 2.19. The van der Waals surface area contributed by atoms with Gasteiger partial charge in [0.05, 0.1) is 7.11 Å². The van der Waals surface area contributed by atoms with Crippen molar-refractivity contribution in [2.75, 3.05) is 7.11 Å². The number of methoxy groups -OCH3 is 1. The maximum absolute atomic E-state index is 12.1. The van der Waals surface area contributed by atoms with Gasteiger partial charge in [-0.3, -0.25) is 4.79 Å². The van der Waals surface area contributed by atoms with Crippen LogP contribution in [0.3, 0.4) is 0 Å². The van der Waals surface area contributed by atoms with Crippen LogP contribution >= 0.6 is 22.6 Å². The van der Waals surface area contributed by atoms with Gasteiger partial charge in [0.2, 0.25) is 0 Å². The first-order valence-electron chi connectivity index (χ1n) is 5.61. The third-order valence-electron chi connectivity index (χ3n) is 2.71. The van der Waals surface area contributed by atoms with Crippen molar-refractivity contribution in [1.82, 2.24) is 0 Å². The van der Waals surface area contributed by atoms with Crippen LogP contribution in [0, 0.1) is 3.57 Å². The van der Waals surface area contributed by atoms with Gasteiger partial charge in [-0.1, -0.05) is 30.3 Å². The number of halogens is 1. The minimum atomic E-state index is 0.107. The van der Waals surface area contributed by atoms with E-state index in [2.05, 4.69) is 22.6 Å². The molecule has 0 aliphatic carbocycles. The summed E-state index contributed by atoms with van der Waals surface area (Å²) in [5, 5.41) is 0. The van der Waals surface area contributed by atoms with Gasteiger partial charge in [0.25, 0.3) is 0 Å². The molecule has 0 atom stereocenters. The Morgan fingerprint density at radius 1 is 1.11 bits per heavy atom. The lowest BCUT2D eigenvalue weighted by molar-refractivity contribution is 0.0992. The van der Waals surface area contributed by atoms with Gasteiger partial charge in [-0.05, 0) is 40.8 Å². The van der Waals surface area contributed by atoms with Crippen molar-refractivity contribution in [3.63, 3.8) is 0 Å². The molecule has 0 N–H and O–H groups in total. The molecule has 92 valence electrons. The minimum absolute atomic E-state index is 0.107. The number of para-hydroxylation sites is 1. The van der Waals surface area contributed by atoms with E-state index in [1.54, 1.807) is 7.11 Å². The van der Waals surface area contributed by atoms with E-state index in [-0.39, 0.29) is 5.78 Å². The predicted octanol–water partition coefficient (Wildman–Crippen LogP) is 3.73. The summed E-state index contributed by atoms with van der Waals surface area (Å²) in [6, 6.07) is 15.2. The molecule has 2 nitrogen and oxygen atoms in total. The summed E-state index contributed by atoms with van der Waals surface area (Å²) in [6.45, 7) is 0. The van der Waals surface area contributed by atoms with Crippen LogP contribution in [-0.4, -0.2) is 12.9 Å². The molecule has 2 aromatic rings. The van der Waals surface area contributed by atoms with Crippen LogP contribution in [0.4, 0.5) is 0 Å². The SMILES string of the molecule is COc1ccccc1CC(=O)c1ccc(I)cc1. The Bertz CT molecular complexity index is 547. The molecule has 18 heavy (non-hydrogen) atoms. The molecule has 0 saturated carbocycles. The Morgan fingerprint density at radius 3 is 2.44 bits per heavy atom. The Morgan fingerprint density at radius 2 is 1.78 bits per heavy atom. The zero-order chi connectivity index (χ0) is 13.0.